The Balaban J connectivity index is 2.06. The van der Waals surface area contributed by atoms with E-state index in [1.165, 1.54) is 25.7 Å². The van der Waals surface area contributed by atoms with Crippen LogP contribution < -0.4 is 5.73 Å². The molecule has 1 fully saturated rings. The van der Waals surface area contributed by atoms with Gasteiger partial charge in [0.15, 0.2) is 0 Å². The van der Waals surface area contributed by atoms with Gasteiger partial charge >= 0.3 is 0 Å². The van der Waals surface area contributed by atoms with Crippen LogP contribution >= 0.6 is 11.6 Å². The van der Waals surface area contributed by atoms with Crippen LogP contribution in [0.25, 0.3) is 0 Å². The maximum absolute atomic E-state index is 6.43. The van der Waals surface area contributed by atoms with E-state index in [1.54, 1.807) is 0 Å². The number of hydrogen-bond acceptors (Lipinski definition) is 2. The highest BCUT2D eigenvalue weighted by atomic mass is 35.5. The highest BCUT2D eigenvalue weighted by Crippen LogP contribution is 2.32. The van der Waals surface area contributed by atoms with Gasteiger partial charge in [-0.15, -0.1) is 0 Å². The monoisotopic (exact) mass is 283 g/mol. The molecule has 2 rings (SSSR count). The number of halogens is 1. The van der Waals surface area contributed by atoms with Gasteiger partial charge in [0.2, 0.25) is 0 Å². The third kappa shape index (κ3) is 3.32. The van der Waals surface area contributed by atoms with Crippen molar-refractivity contribution < 1.29 is 0 Å². The molecule has 0 aliphatic heterocycles. The van der Waals surface area contributed by atoms with Crippen LogP contribution in [0.1, 0.15) is 50.9 Å². The molecule has 0 saturated heterocycles. The van der Waals surface area contributed by atoms with E-state index in [1.807, 2.05) is 11.7 Å². The topological polar surface area (TPSA) is 43.8 Å². The summed E-state index contributed by atoms with van der Waals surface area (Å²) < 4.78 is 1.91. The largest absolute Gasteiger partial charge is 0.327 e. The smallest absolute Gasteiger partial charge is 0.0850 e. The van der Waals surface area contributed by atoms with Gasteiger partial charge in [0.25, 0.3) is 0 Å². The molecule has 108 valence electrons. The first-order valence-corrected chi connectivity index (χ1v) is 7.86. The standard InChI is InChI=1S/C15H26ClN3/c1-4-13-15(16)14(19(3)18-13)9-12(17)11-7-5-6-10(2)8-11/h10-12H,4-9,17H2,1-3H3. The molecular weight excluding hydrogens is 258 g/mol. The van der Waals surface area contributed by atoms with Crippen molar-refractivity contribution in [3.8, 4) is 0 Å². The molecule has 0 radical (unpaired) electrons. The molecule has 3 unspecified atom stereocenters. The van der Waals surface area contributed by atoms with Crippen molar-refractivity contribution in [2.24, 2.45) is 24.6 Å². The average Bonchev–Trinajstić information content (AvgIpc) is 2.66. The maximum Gasteiger partial charge on any atom is 0.0850 e. The molecule has 4 heteroatoms. The van der Waals surface area contributed by atoms with E-state index in [2.05, 4.69) is 18.9 Å². The van der Waals surface area contributed by atoms with E-state index in [4.69, 9.17) is 17.3 Å². The maximum atomic E-state index is 6.43. The molecule has 1 aromatic heterocycles. The van der Waals surface area contributed by atoms with Gasteiger partial charge < -0.3 is 5.73 Å². The Hall–Kier alpha value is -0.540. The second-order valence-electron chi connectivity index (χ2n) is 6.08. The molecule has 3 atom stereocenters. The second-order valence-corrected chi connectivity index (χ2v) is 6.46. The molecule has 1 aromatic rings. The molecule has 19 heavy (non-hydrogen) atoms. The Kier molecular flexibility index (Phi) is 4.91. The van der Waals surface area contributed by atoms with E-state index in [9.17, 15) is 0 Å². The lowest BCUT2D eigenvalue weighted by molar-refractivity contribution is 0.244. The van der Waals surface area contributed by atoms with Gasteiger partial charge in [-0.25, -0.2) is 0 Å². The fourth-order valence-electron chi connectivity index (χ4n) is 3.30. The first kappa shape index (κ1) is 14.9. The minimum atomic E-state index is 0.209. The summed E-state index contributed by atoms with van der Waals surface area (Å²) >= 11 is 6.40. The minimum Gasteiger partial charge on any atom is -0.327 e. The zero-order valence-electron chi connectivity index (χ0n) is 12.3. The number of aryl methyl sites for hydroxylation is 2. The van der Waals surface area contributed by atoms with Crippen LogP contribution in [0.5, 0.6) is 0 Å². The van der Waals surface area contributed by atoms with Crippen LogP contribution in [0.15, 0.2) is 0 Å². The Morgan fingerprint density at radius 3 is 2.79 bits per heavy atom. The van der Waals surface area contributed by atoms with Crippen LogP contribution in [-0.4, -0.2) is 15.8 Å². The van der Waals surface area contributed by atoms with Crippen molar-refractivity contribution in [1.82, 2.24) is 9.78 Å². The molecule has 3 nitrogen and oxygen atoms in total. The first-order chi connectivity index (χ1) is 9.02. The highest BCUT2D eigenvalue weighted by Gasteiger charge is 2.26. The van der Waals surface area contributed by atoms with E-state index in [-0.39, 0.29) is 6.04 Å². The van der Waals surface area contributed by atoms with Crippen molar-refractivity contribution in [2.75, 3.05) is 0 Å². The molecule has 0 spiro atoms. The normalized spacial score (nSPS) is 25.5. The second kappa shape index (κ2) is 6.27. The van der Waals surface area contributed by atoms with Gasteiger partial charge in [-0.2, -0.15) is 5.10 Å². The molecule has 0 bridgehead atoms. The Morgan fingerprint density at radius 1 is 1.47 bits per heavy atom. The van der Waals surface area contributed by atoms with Gasteiger partial charge in [-0.3, -0.25) is 4.68 Å². The van der Waals surface area contributed by atoms with Crippen molar-refractivity contribution in [1.29, 1.82) is 0 Å². The van der Waals surface area contributed by atoms with Crippen LogP contribution in [0, 0.1) is 11.8 Å². The van der Waals surface area contributed by atoms with Crippen LogP contribution in [-0.2, 0) is 19.9 Å². The first-order valence-electron chi connectivity index (χ1n) is 7.48. The predicted molar refractivity (Wildman–Crippen MR) is 80.4 cm³/mol. The summed E-state index contributed by atoms with van der Waals surface area (Å²) in [6, 6.07) is 0.209. The van der Waals surface area contributed by atoms with E-state index in [0.29, 0.717) is 5.92 Å². The Labute approximate surface area is 121 Å². The zero-order chi connectivity index (χ0) is 14.0. The molecule has 2 N–H and O–H groups in total. The summed E-state index contributed by atoms with van der Waals surface area (Å²) in [6.07, 6.45) is 6.93. The predicted octanol–water partition coefficient (Wildman–Crippen LogP) is 3.33. The van der Waals surface area contributed by atoms with Crippen molar-refractivity contribution in [2.45, 2.75) is 58.4 Å². The third-order valence-electron chi connectivity index (χ3n) is 4.51. The lowest BCUT2D eigenvalue weighted by Crippen LogP contribution is -2.35. The third-order valence-corrected chi connectivity index (χ3v) is 4.95. The summed E-state index contributed by atoms with van der Waals surface area (Å²) in [4.78, 5) is 0. The van der Waals surface area contributed by atoms with Crippen LogP contribution in [0.2, 0.25) is 5.02 Å². The molecule has 1 saturated carbocycles. The summed E-state index contributed by atoms with van der Waals surface area (Å²) in [5, 5.41) is 5.29. The van der Waals surface area contributed by atoms with Crippen molar-refractivity contribution >= 4 is 11.6 Å². The Morgan fingerprint density at radius 2 is 2.21 bits per heavy atom. The minimum absolute atomic E-state index is 0.209. The lowest BCUT2D eigenvalue weighted by Gasteiger charge is -2.31. The molecule has 0 amide bonds. The number of aromatic nitrogens is 2. The summed E-state index contributed by atoms with van der Waals surface area (Å²) in [6.45, 7) is 4.42. The molecule has 1 aliphatic carbocycles. The highest BCUT2D eigenvalue weighted by molar-refractivity contribution is 6.31. The van der Waals surface area contributed by atoms with E-state index < -0.39 is 0 Å². The lowest BCUT2D eigenvalue weighted by atomic mass is 9.78. The summed E-state index contributed by atoms with van der Waals surface area (Å²) in [5.74, 6) is 1.46. The molecule has 0 aromatic carbocycles. The SMILES string of the molecule is CCc1nn(C)c(CC(N)C2CCCC(C)C2)c1Cl. The van der Waals surface area contributed by atoms with Gasteiger partial charge in [-0.05, 0) is 31.1 Å². The molecule has 1 heterocycles. The zero-order valence-corrected chi connectivity index (χ0v) is 13.1. The summed E-state index contributed by atoms with van der Waals surface area (Å²) in [5.41, 5.74) is 8.52. The van der Waals surface area contributed by atoms with Gasteiger partial charge in [-0.1, -0.05) is 38.3 Å². The van der Waals surface area contributed by atoms with Crippen LogP contribution in [0.3, 0.4) is 0 Å². The van der Waals surface area contributed by atoms with Crippen LogP contribution in [0.4, 0.5) is 0 Å². The number of rotatable bonds is 4. The summed E-state index contributed by atoms with van der Waals surface area (Å²) in [7, 11) is 1.97. The van der Waals surface area contributed by atoms with Crippen molar-refractivity contribution in [3.05, 3.63) is 16.4 Å². The van der Waals surface area contributed by atoms with Gasteiger partial charge in [0.05, 0.1) is 16.4 Å². The number of nitrogens with zero attached hydrogens (tertiary/aromatic N) is 2. The van der Waals surface area contributed by atoms with E-state index in [0.717, 1.165) is 35.2 Å². The van der Waals surface area contributed by atoms with E-state index >= 15 is 0 Å². The molecular formula is C15H26ClN3. The average molecular weight is 284 g/mol. The fraction of sp³-hybridized carbons (Fsp3) is 0.800. The van der Waals surface area contributed by atoms with Gasteiger partial charge in [0, 0.05) is 19.5 Å². The fourth-order valence-corrected chi connectivity index (χ4v) is 3.67. The number of nitrogens with two attached hydrogens (primary N) is 1. The van der Waals surface area contributed by atoms with Crippen molar-refractivity contribution in [3.63, 3.8) is 0 Å². The quantitative estimate of drug-likeness (QED) is 0.921. The number of hydrogen-bond donors (Lipinski definition) is 1. The Bertz CT molecular complexity index is 427. The van der Waals surface area contributed by atoms with Gasteiger partial charge in [0.1, 0.15) is 0 Å². The molecule has 1 aliphatic rings.